The van der Waals surface area contributed by atoms with Crippen LogP contribution in [-0.2, 0) is 21.7 Å². The van der Waals surface area contributed by atoms with E-state index in [2.05, 4.69) is 17.5 Å². The molecule has 119 valence electrons. The number of halogens is 2. The van der Waals surface area contributed by atoms with Crippen molar-refractivity contribution < 1.29 is 46.5 Å². The van der Waals surface area contributed by atoms with Gasteiger partial charge in [-0.1, -0.05) is 38.5 Å². The van der Waals surface area contributed by atoms with E-state index in [9.17, 15) is 0 Å². The van der Waals surface area contributed by atoms with Crippen molar-refractivity contribution in [2.45, 2.75) is 82.7 Å². The quantitative estimate of drug-likeness (QED) is 0.467. The maximum Gasteiger partial charge on any atom is 3.00 e. The largest absolute Gasteiger partial charge is 3.00 e. The third kappa shape index (κ3) is 11.0. The average molecular weight is 365 g/mol. The Morgan fingerprint density at radius 1 is 0.762 bits per heavy atom. The number of rotatable bonds is 2. The summed E-state index contributed by atoms with van der Waals surface area (Å²) in [5.74, 6) is 0. The Labute approximate surface area is 158 Å². The summed E-state index contributed by atoms with van der Waals surface area (Å²) in [5.41, 5.74) is 0. The Balaban J connectivity index is 0. The number of hydrogen-bond donors (Lipinski definition) is 1. The summed E-state index contributed by atoms with van der Waals surface area (Å²) < 4.78 is 0. The van der Waals surface area contributed by atoms with Gasteiger partial charge in [-0.2, -0.15) is 6.08 Å². The van der Waals surface area contributed by atoms with Gasteiger partial charge in [-0.3, -0.25) is 6.08 Å². The first-order valence-corrected chi connectivity index (χ1v) is 7.93. The van der Waals surface area contributed by atoms with Gasteiger partial charge in [0.2, 0.25) is 0 Å². The van der Waals surface area contributed by atoms with Crippen molar-refractivity contribution in [1.29, 1.82) is 0 Å². The minimum atomic E-state index is 0. The molecule has 0 aromatic carbocycles. The zero-order valence-corrected chi connectivity index (χ0v) is 16.0. The van der Waals surface area contributed by atoms with Crippen LogP contribution in [0.5, 0.6) is 0 Å². The Kier molecular flexibility index (Phi) is 17.8. The van der Waals surface area contributed by atoms with E-state index in [4.69, 9.17) is 0 Å². The van der Waals surface area contributed by atoms with Crippen LogP contribution < -0.4 is 30.1 Å². The topological polar surface area (TPSA) is 12.0 Å². The van der Waals surface area contributed by atoms with Gasteiger partial charge in [0.1, 0.15) is 0 Å². The van der Waals surface area contributed by atoms with Crippen LogP contribution in [0.4, 0.5) is 0 Å². The van der Waals surface area contributed by atoms with Crippen molar-refractivity contribution in [2.75, 3.05) is 0 Å². The minimum Gasteiger partial charge on any atom is -1.00 e. The van der Waals surface area contributed by atoms with Crippen molar-refractivity contribution in [3.05, 3.63) is 24.3 Å². The second-order valence-electron chi connectivity index (χ2n) is 5.84. The summed E-state index contributed by atoms with van der Waals surface area (Å²) in [4.78, 5) is 0. The Bertz CT molecular complexity index is 244. The molecule has 21 heavy (non-hydrogen) atoms. The van der Waals surface area contributed by atoms with Gasteiger partial charge in [-0.05, 0) is 25.7 Å². The molecular formula is C17H28Cl2NTi. The summed E-state index contributed by atoms with van der Waals surface area (Å²) in [7, 11) is 0. The molecule has 0 spiro atoms. The van der Waals surface area contributed by atoms with Crippen molar-refractivity contribution in [3.63, 3.8) is 0 Å². The maximum atomic E-state index is 3.86. The second-order valence-corrected chi connectivity index (χ2v) is 5.84. The molecule has 3 aliphatic carbocycles. The maximum absolute atomic E-state index is 3.86. The van der Waals surface area contributed by atoms with E-state index >= 15 is 0 Å². The number of allylic oxidation sites excluding steroid dienone is 4. The fraction of sp³-hybridized carbons (Fsp3) is 0.765. The third-order valence-corrected chi connectivity index (χ3v) is 4.27. The molecule has 0 aromatic heterocycles. The van der Waals surface area contributed by atoms with Crippen LogP contribution >= 0.6 is 0 Å². The standard InChI is InChI=1S/C12H23N.C5H5.2ClH.Ti/c1-3-7-11(8-4-1)13-12-9-5-2-6-10-12;1-2-4-5-3-1;;;/h11-13H,1-10H2;1-3H,4H2;2*1H;/q;-1;;;+3/p-2. The van der Waals surface area contributed by atoms with Crippen LogP contribution in [0.1, 0.15) is 70.6 Å². The van der Waals surface area contributed by atoms with Gasteiger partial charge in [-0.25, -0.2) is 12.2 Å². The molecule has 0 unspecified atom stereocenters. The van der Waals surface area contributed by atoms with Crippen LogP contribution in [0.3, 0.4) is 0 Å². The van der Waals surface area contributed by atoms with Gasteiger partial charge >= 0.3 is 21.7 Å². The van der Waals surface area contributed by atoms with Gasteiger partial charge in [-0.15, -0.1) is 6.42 Å². The minimum absolute atomic E-state index is 0. The molecule has 0 heterocycles. The Morgan fingerprint density at radius 2 is 1.24 bits per heavy atom. The summed E-state index contributed by atoms with van der Waals surface area (Å²) >= 11 is 0. The smallest absolute Gasteiger partial charge is 1.00 e. The third-order valence-electron chi connectivity index (χ3n) is 4.27. The molecule has 4 heteroatoms. The van der Waals surface area contributed by atoms with Crippen LogP contribution in [0.2, 0.25) is 0 Å². The van der Waals surface area contributed by atoms with E-state index in [1.165, 1.54) is 64.2 Å². The molecule has 0 aromatic rings. The normalized spacial score (nSPS) is 21.3. The summed E-state index contributed by atoms with van der Waals surface area (Å²) in [5, 5.41) is 3.86. The predicted octanol–water partition coefficient (Wildman–Crippen LogP) is -1.45. The molecule has 0 saturated heterocycles. The van der Waals surface area contributed by atoms with Crippen LogP contribution in [0, 0.1) is 6.08 Å². The Morgan fingerprint density at radius 3 is 1.52 bits per heavy atom. The van der Waals surface area contributed by atoms with E-state index in [-0.39, 0.29) is 46.5 Å². The fourth-order valence-electron chi connectivity index (χ4n) is 3.21. The molecule has 2 fully saturated rings. The Hall–Kier alpha value is 0.734. The van der Waals surface area contributed by atoms with Crippen molar-refractivity contribution in [3.8, 4) is 0 Å². The van der Waals surface area contributed by atoms with Crippen LogP contribution in [0.15, 0.2) is 18.2 Å². The molecule has 3 aliphatic rings. The predicted molar refractivity (Wildman–Crippen MR) is 78.5 cm³/mol. The van der Waals surface area contributed by atoms with E-state index in [0.29, 0.717) is 0 Å². The molecule has 0 aliphatic heterocycles. The van der Waals surface area contributed by atoms with E-state index in [1.54, 1.807) is 0 Å². The average Bonchev–Trinajstić information content (AvgIpc) is 3.00. The van der Waals surface area contributed by atoms with Crippen LogP contribution in [-0.4, -0.2) is 12.1 Å². The van der Waals surface area contributed by atoms with Gasteiger partial charge < -0.3 is 30.1 Å². The monoisotopic (exact) mass is 364 g/mol. The van der Waals surface area contributed by atoms with E-state index < -0.39 is 0 Å². The first-order chi connectivity index (χ1) is 8.95. The zero-order valence-electron chi connectivity index (χ0n) is 12.9. The van der Waals surface area contributed by atoms with Gasteiger partial charge in [0.15, 0.2) is 0 Å². The SMILES string of the molecule is C1CCC(NC2CCCCC2)CC1.[C-]1=CC=CC1.[Cl-].[Cl-].[Ti+3]. The molecule has 3 rings (SSSR count). The van der Waals surface area contributed by atoms with Crippen molar-refractivity contribution in [2.24, 2.45) is 0 Å². The number of hydrogen-bond acceptors (Lipinski definition) is 1. The molecule has 1 radical (unpaired) electrons. The molecule has 0 bridgehead atoms. The molecule has 2 saturated carbocycles. The fourth-order valence-corrected chi connectivity index (χ4v) is 3.21. The van der Waals surface area contributed by atoms with E-state index in [0.717, 1.165) is 18.5 Å². The van der Waals surface area contributed by atoms with Gasteiger partial charge in [0, 0.05) is 12.1 Å². The molecule has 1 N–H and O–H groups in total. The summed E-state index contributed by atoms with van der Waals surface area (Å²) in [6.45, 7) is 0. The molecule has 0 amide bonds. The van der Waals surface area contributed by atoms with Crippen LogP contribution in [0.25, 0.3) is 0 Å². The summed E-state index contributed by atoms with van der Waals surface area (Å²) in [6.07, 6.45) is 24.6. The molecule has 1 nitrogen and oxygen atoms in total. The first kappa shape index (κ1) is 24.0. The molecule has 0 atom stereocenters. The zero-order chi connectivity index (χ0) is 12.5. The van der Waals surface area contributed by atoms with Crippen molar-refractivity contribution >= 4 is 0 Å². The summed E-state index contributed by atoms with van der Waals surface area (Å²) in [6, 6.07) is 1.74. The van der Waals surface area contributed by atoms with E-state index in [1.807, 2.05) is 12.2 Å². The van der Waals surface area contributed by atoms with Gasteiger partial charge in [0.25, 0.3) is 0 Å². The van der Waals surface area contributed by atoms with Gasteiger partial charge in [0.05, 0.1) is 0 Å². The number of nitrogens with one attached hydrogen (secondary N) is 1. The first-order valence-electron chi connectivity index (χ1n) is 7.93. The van der Waals surface area contributed by atoms with Crippen molar-refractivity contribution in [1.82, 2.24) is 5.32 Å². The molecular weight excluding hydrogens is 337 g/mol. The second kappa shape index (κ2) is 15.6.